The Morgan fingerprint density at radius 3 is 2.41 bits per heavy atom. The van der Waals surface area contributed by atoms with Gasteiger partial charge in [-0.25, -0.2) is 4.79 Å². The molecule has 5 heteroatoms. The number of carbonyl (C=O) groups is 2. The Morgan fingerprint density at radius 2 is 1.73 bits per heavy atom. The standard InChI is InChI=1S/C17H14INO3/c18-14-7-9-15(10-8-14)19-16(20)12-22-17(21)11-6-13-4-2-1-3-5-13/h1-11H,12H2,(H,19,20)/b11-6+. The molecule has 0 aliphatic rings. The fourth-order valence-electron chi connectivity index (χ4n) is 1.64. The molecule has 2 rings (SSSR count). The maximum absolute atomic E-state index is 11.7. The molecule has 0 aliphatic carbocycles. The summed E-state index contributed by atoms with van der Waals surface area (Å²) in [6.45, 7) is -0.316. The van der Waals surface area contributed by atoms with Gasteiger partial charge in [0, 0.05) is 15.3 Å². The van der Waals surface area contributed by atoms with E-state index in [-0.39, 0.29) is 12.5 Å². The number of carbonyl (C=O) groups excluding carboxylic acids is 2. The molecule has 0 atom stereocenters. The second kappa shape index (κ2) is 8.33. The lowest BCUT2D eigenvalue weighted by atomic mass is 10.2. The van der Waals surface area contributed by atoms with Gasteiger partial charge in [-0.1, -0.05) is 30.3 Å². The zero-order valence-corrected chi connectivity index (χ0v) is 13.8. The van der Waals surface area contributed by atoms with Gasteiger partial charge in [-0.2, -0.15) is 0 Å². The van der Waals surface area contributed by atoms with Crippen LogP contribution in [0.15, 0.2) is 60.7 Å². The quantitative estimate of drug-likeness (QED) is 0.469. The highest BCUT2D eigenvalue weighted by Gasteiger charge is 2.05. The van der Waals surface area contributed by atoms with E-state index in [2.05, 4.69) is 27.9 Å². The number of hydrogen-bond donors (Lipinski definition) is 1. The highest BCUT2D eigenvalue weighted by molar-refractivity contribution is 14.1. The SMILES string of the molecule is O=C(COC(=O)/C=C/c1ccccc1)Nc1ccc(I)cc1. The largest absolute Gasteiger partial charge is 0.452 e. The van der Waals surface area contributed by atoms with Crippen molar-refractivity contribution in [1.82, 2.24) is 0 Å². The highest BCUT2D eigenvalue weighted by Crippen LogP contribution is 2.10. The maximum Gasteiger partial charge on any atom is 0.331 e. The van der Waals surface area contributed by atoms with E-state index < -0.39 is 5.97 Å². The Morgan fingerprint density at radius 1 is 1.05 bits per heavy atom. The summed E-state index contributed by atoms with van der Waals surface area (Å²) in [5.74, 6) is -0.927. The fourth-order valence-corrected chi connectivity index (χ4v) is 2.00. The van der Waals surface area contributed by atoms with Gasteiger partial charge < -0.3 is 10.1 Å². The lowest BCUT2D eigenvalue weighted by Gasteiger charge is -2.05. The van der Waals surface area contributed by atoms with Crippen LogP contribution < -0.4 is 5.32 Å². The second-order valence-corrected chi connectivity index (χ2v) is 5.65. The summed E-state index contributed by atoms with van der Waals surface area (Å²) in [6, 6.07) is 16.7. The molecule has 2 aromatic rings. The van der Waals surface area contributed by atoms with Crippen LogP contribution in [0.2, 0.25) is 0 Å². The van der Waals surface area contributed by atoms with Gasteiger partial charge in [0.1, 0.15) is 0 Å². The number of amides is 1. The van der Waals surface area contributed by atoms with Crippen LogP contribution in [0.4, 0.5) is 5.69 Å². The number of esters is 1. The molecule has 0 heterocycles. The molecule has 0 unspecified atom stereocenters. The Balaban J connectivity index is 1.77. The third-order valence-corrected chi connectivity index (χ3v) is 3.40. The van der Waals surface area contributed by atoms with Crippen LogP contribution in [-0.2, 0) is 14.3 Å². The molecule has 0 aliphatic heterocycles. The van der Waals surface area contributed by atoms with Gasteiger partial charge in [0.05, 0.1) is 0 Å². The van der Waals surface area contributed by atoms with E-state index in [0.29, 0.717) is 5.69 Å². The van der Waals surface area contributed by atoms with E-state index in [0.717, 1.165) is 9.13 Å². The van der Waals surface area contributed by atoms with Crippen molar-refractivity contribution in [3.8, 4) is 0 Å². The Bertz CT molecular complexity index is 666. The predicted molar refractivity (Wildman–Crippen MR) is 94.2 cm³/mol. The van der Waals surface area contributed by atoms with Crippen LogP contribution in [-0.4, -0.2) is 18.5 Å². The van der Waals surface area contributed by atoms with Gasteiger partial charge in [0.25, 0.3) is 5.91 Å². The molecule has 0 fully saturated rings. The smallest absolute Gasteiger partial charge is 0.331 e. The van der Waals surface area contributed by atoms with Crippen molar-refractivity contribution in [2.45, 2.75) is 0 Å². The van der Waals surface area contributed by atoms with Crippen molar-refractivity contribution in [2.24, 2.45) is 0 Å². The summed E-state index contributed by atoms with van der Waals surface area (Å²) < 4.78 is 5.96. The van der Waals surface area contributed by atoms with E-state index in [9.17, 15) is 9.59 Å². The minimum atomic E-state index is -0.554. The van der Waals surface area contributed by atoms with E-state index in [4.69, 9.17) is 4.74 Å². The molecule has 0 spiro atoms. The Kier molecular flexibility index (Phi) is 6.14. The van der Waals surface area contributed by atoms with Crippen molar-refractivity contribution in [3.05, 3.63) is 69.8 Å². The first kappa shape index (κ1) is 16.2. The van der Waals surface area contributed by atoms with Gasteiger partial charge in [0.15, 0.2) is 6.61 Å². The Hall–Kier alpha value is -2.15. The molecule has 0 saturated heterocycles. The molecule has 2 aromatic carbocycles. The van der Waals surface area contributed by atoms with Gasteiger partial charge in [0.2, 0.25) is 0 Å². The first-order valence-corrected chi connectivity index (χ1v) is 7.67. The molecular formula is C17H14INO3. The van der Waals surface area contributed by atoms with Crippen LogP contribution >= 0.6 is 22.6 Å². The monoisotopic (exact) mass is 407 g/mol. The maximum atomic E-state index is 11.7. The molecule has 0 radical (unpaired) electrons. The molecule has 0 bridgehead atoms. The fraction of sp³-hybridized carbons (Fsp3) is 0.0588. The van der Waals surface area contributed by atoms with Gasteiger partial charge >= 0.3 is 5.97 Å². The summed E-state index contributed by atoms with van der Waals surface area (Å²) in [4.78, 5) is 23.2. The van der Waals surface area contributed by atoms with Crippen molar-refractivity contribution >= 4 is 46.2 Å². The molecule has 22 heavy (non-hydrogen) atoms. The molecular weight excluding hydrogens is 393 g/mol. The third kappa shape index (κ3) is 5.69. The van der Waals surface area contributed by atoms with Crippen LogP contribution in [0.5, 0.6) is 0 Å². The third-order valence-electron chi connectivity index (χ3n) is 2.68. The second-order valence-electron chi connectivity index (χ2n) is 4.41. The lowest BCUT2D eigenvalue weighted by Crippen LogP contribution is -2.20. The van der Waals surface area contributed by atoms with Crippen molar-refractivity contribution < 1.29 is 14.3 Å². The van der Waals surface area contributed by atoms with Crippen LogP contribution in [0.1, 0.15) is 5.56 Å². The number of nitrogens with one attached hydrogen (secondary N) is 1. The molecule has 0 aromatic heterocycles. The first-order chi connectivity index (χ1) is 10.6. The highest BCUT2D eigenvalue weighted by atomic mass is 127. The van der Waals surface area contributed by atoms with E-state index >= 15 is 0 Å². The number of ether oxygens (including phenoxy) is 1. The first-order valence-electron chi connectivity index (χ1n) is 6.59. The minimum Gasteiger partial charge on any atom is -0.452 e. The van der Waals surface area contributed by atoms with Crippen molar-refractivity contribution in [3.63, 3.8) is 0 Å². The molecule has 0 saturated carbocycles. The van der Waals surface area contributed by atoms with E-state index in [1.54, 1.807) is 18.2 Å². The number of halogens is 1. The van der Waals surface area contributed by atoms with Gasteiger partial charge in [-0.15, -0.1) is 0 Å². The summed E-state index contributed by atoms with van der Waals surface area (Å²) >= 11 is 2.18. The summed E-state index contributed by atoms with van der Waals surface area (Å²) in [5, 5.41) is 2.65. The van der Waals surface area contributed by atoms with Gasteiger partial charge in [-0.3, -0.25) is 4.79 Å². The minimum absolute atomic E-state index is 0.316. The summed E-state index contributed by atoms with van der Waals surface area (Å²) in [5.41, 5.74) is 1.56. The predicted octanol–water partition coefficient (Wildman–Crippen LogP) is 3.49. The number of anilines is 1. The molecule has 112 valence electrons. The van der Waals surface area contributed by atoms with E-state index in [1.165, 1.54) is 6.08 Å². The van der Waals surface area contributed by atoms with Crippen molar-refractivity contribution in [1.29, 1.82) is 0 Å². The van der Waals surface area contributed by atoms with Crippen LogP contribution in [0.3, 0.4) is 0 Å². The number of benzene rings is 2. The van der Waals surface area contributed by atoms with Crippen molar-refractivity contribution in [2.75, 3.05) is 11.9 Å². The average molecular weight is 407 g/mol. The van der Waals surface area contributed by atoms with Gasteiger partial charge in [-0.05, 0) is 58.5 Å². The topological polar surface area (TPSA) is 55.4 Å². The number of rotatable bonds is 5. The zero-order chi connectivity index (χ0) is 15.8. The molecule has 1 N–H and O–H groups in total. The zero-order valence-electron chi connectivity index (χ0n) is 11.7. The Labute approximate surface area is 142 Å². The van der Waals surface area contributed by atoms with Crippen LogP contribution in [0, 0.1) is 3.57 Å². The average Bonchev–Trinajstić information content (AvgIpc) is 2.54. The summed E-state index contributed by atoms with van der Waals surface area (Å²) in [7, 11) is 0. The van der Waals surface area contributed by atoms with E-state index in [1.807, 2.05) is 42.5 Å². The molecule has 4 nitrogen and oxygen atoms in total. The van der Waals surface area contributed by atoms with Crippen LogP contribution in [0.25, 0.3) is 6.08 Å². The summed E-state index contributed by atoms with van der Waals surface area (Å²) in [6.07, 6.45) is 2.94. The normalized spacial score (nSPS) is 10.4. The lowest BCUT2D eigenvalue weighted by molar-refractivity contribution is -0.142. The number of hydrogen-bond acceptors (Lipinski definition) is 3. The molecule has 1 amide bonds.